The van der Waals surface area contributed by atoms with Crippen molar-refractivity contribution in [3.8, 4) is 5.88 Å². The third-order valence-electron chi connectivity index (χ3n) is 3.77. The number of carbonyl (C=O) groups excluding carboxylic acids is 2. The smallest absolute Gasteiger partial charge is 0.339 e. The lowest BCUT2D eigenvalue weighted by atomic mass is 10.2. The van der Waals surface area contributed by atoms with E-state index in [0.717, 1.165) is 0 Å². The van der Waals surface area contributed by atoms with E-state index in [1.807, 2.05) is 4.72 Å². The van der Waals surface area contributed by atoms with Crippen LogP contribution in [-0.2, 0) is 19.5 Å². The second-order valence-corrected chi connectivity index (χ2v) is 7.65. The Morgan fingerprint density at radius 3 is 2.59 bits per heavy atom. The van der Waals surface area contributed by atoms with Gasteiger partial charge in [0.25, 0.3) is 10.0 Å². The minimum absolute atomic E-state index is 0.146. The first-order valence-electron chi connectivity index (χ1n) is 8.40. The molecule has 1 fully saturated rings. The van der Waals surface area contributed by atoms with Crippen LogP contribution < -0.4 is 14.8 Å². The number of hydrogen-bond acceptors (Lipinski definition) is 9. The van der Waals surface area contributed by atoms with E-state index < -0.39 is 33.0 Å². The van der Waals surface area contributed by atoms with Gasteiger partial charge in [0.1, 0.15) is 11.0 Å². The summed E-state index contributed by atoms with van der Waals surface area (Å²) < 4.78 is 42.2. The maximum atomic E-state index is 12.6. The molecule has 2 N–H and O–H groups in total. The lowest BCUT2D eigenvalue weighted by Crippen LogP contribution is -2.39. The Kier molecular flexibility index (Phi) is 5.94. The maximum Gasteiger partial charge on any atom is 0.339 e. The van der Waals surface area contributed by atoms with Gasteiger partial charge in [-0.15, -0.1) is 0 Å². The summed E-state index contributed by atoms with van der Waals surface area (Å²) in [5.41, 5.74) is 0.302. The van der Waals surface area contributed by atoms with Crippen molar-refractivity contribution in [2.45, 2.75) is 17.9 Å². The van der Waals surface area contributed by atoms with Crippen LogP contribution in [-0.4, -0.2) is 56.8 Å². The molecule has 2 heterocycles. The van der Waals surface area contributed by atoms with E-state index in [9.17, 15) is 18.0 Å². The standard InChI is InChI=1S/C17H18N4O7S/c1-10-7-14(26-2)19-16(18-10)20-17(23)21-29(24,25)13-6-4-3-5-12(13)15(22)28-11-8-27-9-11/h3-7,11H,8-9H2,1-2H3,(H2,18,19,20,21,23). The van der Waals surface area contributed by atoms with Gasteiger partial charge in [0.15, 0.2) is 0 Å². The Hall–Kier alpha value is -3.25. The second kappa shape index (κ2) is 8.41. The minimum Gasteiger partial charge on any atom is -0.481 e. The molecule has 29 heavy (non-hydrogen) atoms. The average molecular weight is 422 g/mol. The molecule has 0 bridgehead atoms. The maximum absolute atomic E-state index is 12.6. The number of methoxy groups -OCH3 is 1. The van der Waals surface area contributed by atoms with E-state index in [2.05, 4.69) is 15.3 Å². The summed E-state index contributed by atoms with van der Waals surface area (Å²) in [6, 6.07) is 5.82. The topological polar surface area (TPSA) is 146 Å². The number of amides is 2. The van der Waals surface area contributed by atoms with E-state index in [4.69, 9.17) is 14.2 Å². The Morgan fingerprint density at radius 2 is 1.93 bits per heavy atom. The lowest BCUT2D eigenvalue weighted by molar-refractivity contribution is -0.103. The molecule has 0 radical (unpaired) electrons. The molecule has 12 heteroatoms. The molecule has 0 aliphatic carbocycles. The number of aryl methyl sites for hydroxylation is 1. The number of nitrogens with zero attached hydrogens (tertiary/aromatic N) is 2. The van der Waals surface area contributed by atoms with E-state index in [1.165, 1.54) is 37.4 Å². The number of rotatable bonds is 6. The molecule has 0 spiro atoms. The molecule has 0 atom stereocenters. The molecule has 3 rings (SSSR count). The first kappa shape index (κ1) is 20.5. The van der Waals surface area contributed by atoms with Crippen molar-refractivity contribution in [2.75, 3.05) is 25.6 Å². The zero-order chi connectivity index (χ0) is 21.0. The molecule has 1 aromatic carbocycles. The van der Waals surface area contributed by atoms with Crippen molar-refractivity contribution in [3.63, 3.8) is 0 Å². The molecular weight excluding hydrogens is 404 g/mol. The van der Waals surface area contributed by atoms with Gasteiger partial charge in [-0.3, -0.25) is 5.32 Å². The SMILES string of the molecule is COc1cc(C)nc(NC(=O)NS(=O)(=O)c2ccccc2C(=O)OC2COC2)n1. The fourth-order valence-electron chi connectivity index (χ4n) is 2.37. The number of sulfonamides is 1. The minimum atomic E-state index is -4.39. The van der Waals surface area contributed by atoms with Crippen molar-refractivity contribution < 1.29 is 32.2 Å². The molecule has 2 aromatic rings. The molecule has 1 saturated heterocycles. The van der Waals surface area contributed by atoms with Gasteiger partial charge in [-0.2, -0.15) is 4.98 Å². The molecule has 154 valence electrons. The molecule has 2 amide bonds. The van der Waals surface area contributed by atoms with Crippen molar-refractivity contribution >= 4 is 28.0 Å². The van der Waals surface area contributed by atoms with Crippen molar-refractivity contribution in [1.82, 2.24) is 14.7 Å². The van der Waals surface area contributed by atoms with Gasteiger partial charge in [0.05, 0.1) is 25.9 Å². The highest BCUT2D eigenvalue weighted by atomic mass is 32.2. The zero-order valence-corrected chi connectivity index (χ0v) is 16.4. The summed E-state index contributed by atoms with van der Waals surface area (Å²) in [5.74, 6) is -0.776. The summed E-state index contributed by atoms with van der Waals surface area (Å²) in [5, 5.41) is 2.22. The Bertz CT molecular complexity index is 1040. The summed E-state index contributed by atoms with van der Waals surface area (Å²) >= 11 is 0. The molecule has 11 nitrogen and oxygen atoms in total. The van der Waals surface area contributed by atoms with Crippen LogP contribution in [0.25, 0.3) is 0 Å². The summed E-state index contributed by atoms with van der Waals surface area (Å²) in [4.78, 5) is 31.9. The first-order valence-corrected chi connectivity index (χ1v) is 9.88. The Morgan fingerprint density at radius 1 is 1.21 bits per heavy atom. The number of esters is 1. The van der Waals surface area contributed by atoms with Crippen LogP contribution in [0.1, 0.15) is 16.1 Å². The number of carbonyl (C=O) groups is 2. The second-order valence-electron chi connectivity index (χ2n) is 6.00. The predicted octanol–water partition coefficient (Wildman–Crippen LogP) is 0.860. The molecular formula is C17H18N4O7S. The quantitative estimate of drug-likeness (QED) is 0.647. The number of nitrogens with one attached hydrogen (secondary N) is 2. The lowest BCUT2D eigenvalue weighted by Gasteiger charge is -2.25. The number of hydrogen-bond donors (Lipinski definition) is 2. The van der Waals surface area contributed by atoms with Crippen LogP contribution in [0.5, 0.6) is 5.88 Å². The third-order valence-corrected chi connectivity index (χ3v) is 5.16. The van der Waals surface area contributed by atoms with Gasteiger partial charge in [-0.1, -0.05) is 12.1 Å². The van der Waals surface area contributed by atoms with Gasteiger partial charge in [0, 0.05) is 11.8 Å². The molecule has 0 unspecified atom stereocenters. The Balaban J connectivity index is 1.76. The number of aromatic nitrogens is 2. The van der Waals surface area contributed by atoms with Gasteiger partial charge >= 0.3 is 12.0 Å². The highest BCUT2D eigenvalue weighted by Gasteiger charge is 2.29. The summed E-state index contributed by atoms with van der Waals surface area (Å²) in [6.07, 6.45) is -0.428. The van der Waals surface area contributed by atoms with Crippen LogP contribution in [0.4, 0.5) is 10.7 Å². The number of urea groups is 1. The van der Waals surface area contributed by atoms with Crippen LogP contribution in [0.15, 0.2) is 35.2 Å². The summed E-state index contributed by atoms with van der Waals surface area (Å²) in [6.45, 7) is 2.15. The zero-order valence-electron chi connectivity index (χ0n) is 15.5. The monoisotopic (exact) mass is 422 g/mol. The number of anilines is 1. The number of benzene rings is 1. The van der Waals surface area contributed by atoms with E-state index >= 15 is 0 Å². The van der Waals surface area contributed by atoms with Crippen molar-refractivity contribution in [2.24, 2.45) is 0 Å². The van der Waals surface area contributed by atoms with E-state index in [-0.39, 0.29) is 30.6 Å². The third kappa shape index (κ3) is 4.97. The fraction of sp³-hybridized carbons (Fsp3) is 0.294. The van der Waals surface area contributed by atoms with Gasteiger partial charge in [0.2, 0.25) is 11.8 Å². The molecule has 0 saturated carbocycles. The van der Waals surface area contributed by atoms with Crippen LogP contribution >= 0.6 is 0 Å². The molecule has 1 aliphatic rings. The van der Waals surface area contributed by atoms with Crippen LogP contribution in [0.3, 0.4) is 0 Å². The predicted molar refractivity (Wildman–Crippen MR) is 99.1 cm³/mol. The van der Waals surface area contributed by atoms with E-state index in [1.54, 1.807) is 6.92 Å². The van der Waals surface area contributed by atoms with Crippen molar-refractivity contribution in [3.05, 3.63) is 41.6 Å². The average Bonchev–Trinajstić information content (AvgIpc) is 2.63. The van der Waals surface area contributed by atoms with Crippen LogP contribution in [0.2, 0.25) is 0 Å². The molecule has 1 aromatic heterocycles. The fourth-order valence-corrected chi connectivity index (χ4v) is 3.47. The highest BCUT2D eigenvalue weighted by molar-refractivity contribution is 7.90. The largest absolute Gasteiger partial charge is 0.481 e. The van der Waals surface area contributed by atoms with Crippen molar-refractivity contribution in [1.29, 1.82) is 0 Å². The van der Waals surface area contributed by atoms with Crippen LogP contribution in [0, 0.1) is 6.92 Å². The molecule has 1 aliphatic heterocycles. The van der Waals surface area contributed by atoms with Gasteiger partial charge in [-0.25, -0.2) is 27.7 Å². The van der Waals surface area contributed by atoms with Gasteiger partial charge in [-0.05, 0) is 19.1 Å². The summed E-state index contributed by atoms with van der Waals surface area (Å²) in [7, 11) is -3.00. The first-order chi connectivity index (χ1) is 13.8. The number of ether oxygens (including phenoxy) is 3. The normalized spacial score (nSPS) is 13.9. The van der Waals surface area contributed by atoms with E-state index in [0.29, 0.717) is 5.69 Å². The Labute approximate surface area is 166 Å². The van der Waals surface area contributed by atoms with Gasteiger partial charge < -0.3 is 14.2 Å². The highest BCUT2D eigenvalue weighted by Crippen LogP contribution is 2.19.